The molecule has 1 amide bonds. The molecule has 2 N–H and O–H groups in total. The highest BCUT2D eigenvalue weighted by Gasteiger charge is 2.24. The first kappa shape index (κ1) is 16.5. The van der Waals surface area contributed by atoms with Crippen molar-refractivity contribution in [3.05, 3.63) is 40.3 Å². The molecule has 1 rings (SSSR count). The number of carbonyl (C=O) groups is 1. The average Bonchev–Trinajstić information content (AvgIpc) is 2.44. The van der Waals surface area contributed by atoms with Crippen LogP contribution in [0.5, 0.6) is 0 Å². The maximum absolute atomic E-state index is 12.9. The summed E-state index contributed by atoms with van der Waals surface area (Å²) in [5, 5.41) is 15.5. The quantitative estimate of drug-likeness (QED) is 0.364. The maximum Gasteiger partial charge on any atom is 0.253 e. The van der Waals surface area contributed by atoms with Gasteiger partial charge in [0.15, 0.2) is 4.84 Å². The Hall–Kier alpha value is -1.53. The average molecular weight is 321 g/mol. The van der Waals surface area contributed by atoms with Gasteiger partial charge in [0.2, 0.25) is 0 Å². The summed E-state index contributed by atoms with van der Waals surface area (Å²) in [5.41, 5.74) is 8.97. The molecular weight excluding hydrogens is 310 g/mol. The number of carbonyl (C=O) groups excluding carboxylic acids is 1. The summed E-state index contributed by atoms with van der Waals surface area (Å²) in [6.45, 7) is -0.995. The number of hydrogen-bond donors (Lipinski definition) is 2. The van der Waals surface area contributed by atoms with Crippen LogP contribution in [-0.2, 0) is 4.79 Å². The lowest BCUT2D eigenvalue weighted by molar-refractivity contribution is -0.121. The van der Waals surface area contributed by atoms with Crippen LogP contribution in [0.2, 0.25) is 0 Å². The molecule has 0 saturated heterocycles. The molecule has 0 fully saturated rings. The highest BCUT2D eigenvalue weighted by molar-refractivity contribution is 6.53. The number of azide groups is 1. The van der Waals surface area contributed by atoms with Crippen LogP contribution in [0.3, 0.4) is 0 Å². The fourth-order valence-electron chi connectivity index (χ4n) is 1.47. The molecule has 0 bridgehead atoms. The first-order chi connectivity index (χ1) is 9.49. The van der Waals surface area contributed by atoms with E-state index in [1.807, 2.05) is 0 Å². The highest BCUT2D eigenvalue weighted by Crippen LogP contribution is 2.21. The van der Waals surface area contributed by atoms with E-state index in [1.54, 1.807) is 0 Å². The lowest BCUT2D eigenvalue weighted by Crippen LogP contribution is -2.43. The van der Waals surface area contributed by atoms with Crippen molar-refractivity contribution in [3.63, 3.8) is 0 Å². The number of benzene rings is 1. The number of rotatable bonds is 6. The first-order valence-electron chi connectivity index (χ1n) is 5.47. The number of amides is 1. The van der Waals surface area contributed by atoms with Gasteiger partial charge in [0, 0.05) is 10.6 Å². The van der Waals surface area contributed by atoms with Gasteiger partial charge in [-0.25, -0.2) is 4.39 Å². The minimum Gasteiger partial charge on any atom is -0.386 e. The van der Waals surface area contributed by atoms with Gasteiger partial charge in [0.25, 0.3) is 5.91 Å². The van der Waals surface area contributed by atoms with Gasteiger partial charge >= 0.3 is 0 Å². The number of nitrogens with zero attached hydrogens (tertiary/aromatic N) is 3. The zero-order valence-electron chi connectivity index (χ0n) is 10.1. The summed E-state index contributed by atoms with van der Waals surface area (Å²) in [6.07, 6.45) is -1.28. The zero-order chi connectivity index (χ0) is 15.1. The first-order valence-corrected chi connectivity index (χ1v) is 6.34. The van der Waals surface area contributed by atoms with Crippen LogP contribution in [0, 0.1) is 0 Å². The second-order valence-corrected chi connectivity index (χ2v) is 4.89. The predicted molar refractivity (Wildman–Crippen MR) is 73.6 cm³/mol. The van der Waals surface area contributed by atoms with E-state index in [0.29, 0.717) is 11.3 Å². The van der Waals surface area contributed by atoms with Crippen molar-refractivity contribution in [2.75, 3.05) is 6.67 Å². The van der Waals surface area contributed by atoms with Crippen molar-refractivity contribution in [1.29, 1.82) is 0 Å². The molecule has 2 atom stereocenters. The van der Waals surface area contributed by atoms with Gasteiger partial charge < -0.3 is 10.4 Å². The van der Waals surface area contributed by atoms with E-state index in [0.717, 1.165) is 0 Å². The van der Waals surface area contributed by atoms with Gasteiger partial charge in [-0.05, 0) is 11.1 Å². The molecular formula is C11H11Cl2FN4O2. The molecule has 0 aliphatic heterocycles. The van der Waals surface area contributed by atoms with Gasteiger partial charge in [0.1, 0.15) is 12.8 Å². The number of halogens is 3. The maximum atomic E-state index is 12.9. The Morgan fingerprint density at radius 2 is 2.05 bits per heavy atom. The Bertz CT molecular complexity index is 506. The molecule has 20 heavy (non-hydrogen) atoms. The molecule has 0 saturated carbocycles. The Kier molecular flexibility index (Phi) is 6.54. The SMILES string of the molecule is [N-]=[N+]=Nc1ccc([C@@H](O)[C@@H](CF)NC(=O)C(Cl)Cl)cc1. The molecule has 6 nitrogen and oxygen atoms in total. The fourth-order valence-corrected chi connectivity index (χ4v) is 1.60. The van der Waals surface area contributed by atoms with Gasteiger partial charge in [-0.3, -0.25) is 4.79 Å². The number of hydrogen-bond acceptors (Lipinski definition) is 3. The van der Waals surface area contributed by atoms with E-state index >= 15 is 0 Å². The van der Waals surface area contributed by atoms with Crippen molar-refractivity contribution < 1.29 is 14.3 Å². The topological polar surface area (TPSA) is 98.1 Å². The number of aliphatic hydroxyl groups is 1. The number of nitrogens with one attached hydrogen (secondary N) is 1. The molecule has 0 spiro atoms. The fraction of sp³-hybridized carbons (Fsp3) is 0.364. The van der Waals surface area contributed by atoms with Crippen molar-refractivity contribution in [2.45, 2.75) is 17.0 Å². The molecule has 0 unspecified atom stereocenters. The number of alkyl halides is 3. The molecule has 9 heteroatoms. The minimum absolute atomic E-state index is 0.352. The molecule has 0 heterocycles. The van der Waals surface area contributed by atoms with Crippen LogP contribution in [0.25, 0.3) is 10.4 Å². The number of aliphatic hydroxyl groups excluding tert-OH is 1. The van der Waals surface area contributed by atoms with Crippen LogP contribution >= 0.6 is 23.2 Å². The van der Waals surface area contributed by atoms with E-state index in [9.17, 15) is 14.3 Å². The van der Waals surface area contributed by atoms with Crippen molar-refractivity contribution >= 4 is 34.8 Å². The van der Waals surface area contributed by atoms with Crippen LogP contribution in [0.1, 0.15) is 11.7 Å². The Morgan fingerprint density at radius 3 is 2.50 bits per heavy atom. The van der Waals surface area contributed by atoms with Crippen LogP contribution < -0.4 is 5.32 Å². The van der Waals surface area contributed by atoms with E-state index in [2.05, 4.69) is 15.3 Å². The van der Waals surface area contributed by atoms with Gasteiger partial charge in [0.05, 0.1) is 6.04 Å². The van der Waals surface area contributed by atoms with Crippen LogP contribution in [-0.4, -0.2) is 28.6 Å². The third-order valence-electron chi connectivity index (χ3n) is 2.47. The molecule has 108 valence electrons. The summed E-state index contributed by atoms with van der Waals surface area (Å²) >= 11 is 10.7. The summed E-state index contributed by atoms with van der Waals surface area (Å²) in [6, 6.07) is 4.67. The molecule has 1 aromatic carbocycles. The lowest BCUT2D eigenvalue weighted by atomic mass is 10.0. The van der Waals surface area contributed by atoms with E-state index in [-0.39, 0.29) is 0 Å². The summed E-state index contributed by atoms with van der Waals surface area (Å²) < 4.78 is 12.9. The second-order valence-electron chi connectivity index (χ2n) is 3.80. The Balaban J connectivity index is 2.82. The van der Waals surface area contributed by atoms with Gasteiger partial charge in [-0.15, -0.1) is 0 Å². The van der Waals surface area contributed by atoms with Crippen LogP contribution in [0.4, 0.5) is 10.1 Å². The normalized spacial score (nSPS) is 13.4. The smallest absolute Gasteiger partial charge is 0.253 e. The molecule has 0 aliphatic rings. The Labute approximate surface area is 124 Å². The molecule has 0 radical (unpaired) electrons. The minimum atomic E-state index is -1.34. The standard InChI is InChI=1S/C11H11Cl2FN4O2/c12-10(13)11(20)16-8(5-14)9(19)6-1-3-7(4-2-6)17-18-15/h1-4,8-10,19H,5H2,(H,16,20)/t8-,9-/m1/s1. The Morgan fingerprint density at radius 1 is 1.45 bits per heavy atom. The second kappa shape index (κ2) is 7.91. The molecule has 0 aliphatic carbocycles. The lowest BCUT2D eigenvalue weighted by Gasteiger charge is -2.22. The van der Waals surface area contributed by atoms with Gasteiger partial charge in [-0.2, -0.15) is 0 Å². The molecule has 0 aromatic heterocycles. The summed E-state index contributed by atoms with van der Waals surface area (Å²) in [5.74, 6) is -0.791. The highest BCUT2D eigenvalue weighted by atomic mass is 35.5. The van der Waals surface area contributed by atoms with Crippen LogP contribution in [0.15, 0.2) is 29.4 Å². The summed E-state index contributed by atoms with van der Waals surface area (Å²) in [4.78, 5) is 12.5. The van der Waals surface area contributed by atoms with E-state index in [4.69, 9.17) is 28.7 Å². The summed E-state index contributed by atoms with van der Waals surface area (Å²) in [7, 11) is 0. The van der Waals surface area contributed by atoms with E-state index < -0.39 is 29.6 Å². The third kappa shape index (κ3) is 4.54. The van der Waals surface area contributed by atoms with E-state index in [1.165, 1.54) is 24.3 Å². The third-order valence-corrected chi connectivity index (χ3v) is 2.86. The van der Waals surface area contributed by atoms with Crippen molar-refractivity contribution in [2.24, 2.45) is 5.11 Å². The largest absolute Gasteiger partial charge is 0.386 e. The monoisotopic (exact) mass is 320 g/mol. The van der Waals surface area contributed by atoms with Crippen molar-refractivity contribution in [1.82, 2.24) is 5.32 Å². The van der Waals surface area contributed by atoms with Crippen molar-refractivity contribution in [3.8, 4) is 0 Å². The van der Waals surface area contributed by atoms with Gasteiger partial charge in [-0.1, -0.05) is 52.6 Å². The molecule has 1 aromatic rings. The predicted octanol–water partition coefficient (Wildman–Crippen LogP) is 2.92. The zero-order valence-corrected chi connectivity index (χ0v) is 11.6.